The number of likely N-dealkylation sites (N-methyl/N-ethyl adjacent to an activating group) is 1. The molecule has 1 aromatic rings. The molecule has 0 unspecified atom stereocenters. The summed E-state index contributed by atoms with van der Waals surface area (Å²) in [5, 5.41) is 0.404. The standard InChI is InChI=1S/C15H15ClFN/c1-4-18-11(3)10(2)5-8-15(18)13-7-6-12(16)9-14(13)17/h5-9H,3-4H2,1-2H3. The zero-order chi connectivity index (χ0) is 13.3. The van der Waals surface area contributed by atoms with Gasteiger partial charge in [-0.1, -0.05) is 24.3 Å². The first kappa shape index (κ1) is 12.9. The van der Waals surface area contributed by atoms with Gasteiger partial charge in [0.05, 0.1) is 5.70 Å². The first-order chi connectivity index (χ1) is 8.54. The topological polar surface area (TPSA) is 3.24 Å². The van der Waals surface area contributed by atoms with Gasteiger partial charge in [-0.2, -0.15) is 0 Å². The average Bonchev–Trinajstić information content (AvgIpc) is 2.33. The van der Waals surface area contributed by atoms with Crippen LogP contribution in [-0.4, -0.2) is 11.4 Å². The molecule has 0 aromatic heterocycles. The van der Waals surface area contributed by atoms with Crippen LogP contribution in [0.3, 0.4) is 0 Å². The largest absolute Gasteiger partial charge is 0.341 e. The number of nitrogens with zero attached hydrogens (tertiary/aromatic N) is 1. The second-order valence-electron chi connectivity index (χ2n) is 4.22. The van der Waals surface area contributed by atoms with Crippen molar-refractivity contribution in [2.45, 2.75) is 13.8 Å². The van der Waals surface area contributed by atoms with Crippen molar-refractivity contribution in [2.75, 3.05) is 6.54 Å². The van der Waals surface area contributed by atoms with Crippen molar-refractivity contribution < 1.29 is 4.39 Å². The van der Waals surface area contributed by atoms with Crippen molar-refractivity contribution in [3.05, 3.63) is 64.6 Å². The van der Waals surface area contributed by atoms with Crippen LogP contribution < -0.4 is 0 Å². The van der Waals surface area contributed by atoms with Crippen molar-refractivity contribution in [2.24, 2.45) is 0 Å². The molecule has 0 saturated carbocycles. The molecule has 1 nitrogen and oxygen atoms in total. The monoisotopic (exact) mass is 263 g/mol. The zero-order valence-corrected chi connectivity index (χ0v) is 11.3. The Balaban J connectivity index is 2.52. The summed E-state index contributed by atoms with van der Waals surface area (Å²) in [7, 11) is 0. The predicted octanol–water partition coefficient (Wildman–Crippen LogP) is 4.62. The van der Waals surface area contributed by atoms with Gasteiger partial charge in [0.2, 0.25) is 0 Å². The van der Waals surface area contributed by atoms with E-state index in [2.05, 4.69) is 6.58 Å². The minimum atomic E-state index is -0.312. The average molecular weight is 264 g/mol. The minimum Gasteiger partial charge on any atom is -0.341 e. The molecule has 1 aliphatic heterocycles. The maximum absolute atomic E-state index is 14.0. The third-order valence-corrected chi connectivity index (χ3v) is 3.32. The number of benzene rings is 1. The van der Waals surface area contributed by atoms with Gasteiger partial charge in [-0.05, 0) is 43.7 Å². The highest BCUT2D eigenvalue weighted by atomic mass is 35.5. The van der Waals surface area contributed by atoms with Gasteiger partial charge in [-0.25, -0.2) is 4.39 Å². The smallest absolute Gasteiger partial charge is 0.134 e. The summed E-state index contributed by atoms with van der Waals surface area (Å²) in [4.78, 5) is 2.00. The summed E-state index contributed by atoms with van der Waals surface area (Å²) in [6.45, 7) is 8.80. The molecule has 0 N–H and O–H groups in total. The van der Waals surface area contributed by atoms with Crippen LogP contribution in [0.1, 0.15) is 19.4 Å². The highest BCUT2D eigenvalue weighted by Crippen LogP contribution is 2.32. The first-order valence-electron chi connectivity index (χ1n) is 5.85. The van der Waals surface area contributed by atoms with Gasteiger partial charge in [-0.15, -0.1) is 0 Å². The molecule has 0 atom stereocenters. The summed E-state index contributed by atoms with van der Waals surface area (Å²) < 4.78 is 14.0. The van der Waals surface area contributed by atoms with E-state index in [9.17, 15) is 4.39 Å². The van der Waals surface area contributed by atoms with Gasteiger partial charge in [0, 0.05) is 22.8 Å². The molecule has 1 heterocycles. The predicted molar refractivity (Wildman–Crippen MR) is 74.7 cm³/mol. The number of hydrogen-bond donors (Lipinski definition) is 0. The van der Waals surface area contributed by atoms with Gasteiger partial charge in [0.25, 0.3) is 0 Å². The lowest BCUT2D eigenvalue weighted by atomic mass is 10.0. The molecule has 0 radical (unpaired) electrons. The van der Waals surface area contributed by atoms with E-state index < -0.39 is 0 Å². The Kier molecular flexibility index (Phi) is 3.58. The number of allylic oxidation sites excluding steroid dienone is 3. The summed E-state index contributed by atoms with van der Waals surface area (Å²) in [5.74, 6) is -0.312. The molecule has 0 aliphatic carbocycles. The third-order valence-electron chi connectivity index (χ3n) is 3.09. The van der Waals surface area contributed by atoms with Crippen molar-refractivity contribution in [3.63, 3.8) is 0 Å². The second kappa shape index (κ2) is 4.99. The van der Waals surface area contributed by atoms with Gasteiger partial charge >= 0.3 is 0 Å². The lowest BCUT2D eigenvalue weighted by Gasteiger charge is -2.31. The van der Waals surface area contributed by atoms with Crippen LogP contribution in [-0.2, 0) is 0 Å². The molecule has 0 amide bonds. The van der Waals surface area contributed by atoms with Gasteiger partial charge < -0.3 is 4.90 Å². The van der Waals surface area contributed by atoms with E-state index in [-0.39, 0.29) is 5.82 Å². The number of halogens is 2. The van der Waals surface area contributed by atoms with Crippen molar-refractivity contribution in [1.29, 1.82) is 0 Å². The van der Waals surface area contributed by atoms with Crippen molar-refractivity contribution >= 4 is 17.3 Å². The summed E-state index contributed by atoms with van der Waals surface area (Å²) in [5.41, 5.74) is 3.37. The summed E-state index contributed by atoms with van der Waals surface area (Å²) >= 11 is 5.78. The molecular formula is C15H15ClFN. The van der Waals surface area contributed by atoms with E-state index >= 15 is 0 Å². The van der Waals surface area contributed by atoms with Crippen LogP contribution >= 0.6 is 11.6 Å². The fraction of sp³-hybridized carbons (Fsp3) is 0.200. The SMILES string of the molecule is C=C1C(C)=CC=C(c2ccc(Cl)cc2F)N1CC. The fourth-order valence-corrected chi connectivity index (χ4v) is 2.20. The van der Waals surface area contributed by atoms with Crippen LogP contribution in [0.15, 0.2) is 48.2 Å². The minimum absolute atomic E-state index is 0.312. The van der Waals surface area contributed by atoms with E-state index in [1.54, 1.807) is 12.1 Å². The highest BCUT2D eigenvalue weighted by molar-refractivity contribution is 6.30. The zero-order valence-electron chi connectivity index (χ0n) is 10.5. The van der Waals surface area contributed by atoms with Crippen LogP contribution in [0.5, 0.6) is 0 Å². The van der Waals surface area contributed by atoms with E-state index in [1.807, 2.05) is 30.9 Å². The summed E-state index contributed by atoms with van der Waals surface area (Å²) in [6, 6.07) is 4.73. The third kappa shape index (κ3) is 2.21. The van der Waals surface area contributed by atoms with Gasteiger partial charge in [-0.3, -0.25) is 0 Å². The summed E-state index contributed by atoms with van der Waals surface area (Å²) in [6.07, 6.45) is 3.87. The van der Waals surface area contributed by atoms with Crippen molar-refractivity contribution in [1.82, 2.24) is 4.90 Å². The van der Waals surface area contributed by atoms with Crippen molar-refractivity contribution in [3.8, 4) is 0 Å². The second-order valence-corrected chi connectivity index (χ2v) is 4.65. The van der Waals surface area contributed by atoms with E-state index in [1.165, 1.54) is 6.07 Å². The molecule has 1 aliphatic rings. The van der Waals surface area contributed by atoms with Crippen LogP contribution in [0.25, 0.3) is 5.70 Å². The van der Waals surface area contributed by atoms with E-state index in [0.29, 0.717) is 10.6 Å². The highest BCUT2D eigenvalue weighted by Gasteiger charge is 2.19. The molecule has 18 heavy (non-hydrogen) atoms. The Morgan fingerprint density at radius 2 is 2.06 bits per heavy atom. The molecule has 0 bridgehead atoms. The Bertz CT molecular complexity index is 558. The van der Waals surface area contributed by atoms with Crippen LogP contribution in [0.4, 0.5) is 4.39 Å². The molecule has 3 heteroatoms. The molecule has 0 fully saturated rings. The normalized spacial score (nSPS) is 15.6. The van der Waals surface area contributed by atoms with Gasteiger partial charge in [0.1, 0.15) is 5.82 Å². The maximum atomic E-state index is 14.0. The van der Waals surface area contributed by atoms with Gasteiger partial charge in [0.15, 0.2) is 0 Å². The number of rotatable bonds is 2. The Morgan fingerprint density at radius 1 is 1.33 bits per heavy atom. The Hall–Kier alpha value is -1.54. The first-order valence-corrected chi connectivity index (χ1v) is 6.23. The Labute approximate surface area is 112 Å². The van der Waals surface area contributed by atoms with Crippen LogP contribution in [0, 0.1) is 5.82 Å². The molecule has 0 saturated heterocycles. The van der Waals surface area contributed by atoms with E-state index in [4.69, 9.17) is 11.6 Å². The lowest BCUT2D eigenvalue weighted by molar-refractivity contribution is 0.515. The quantitative estimate of drug-likeness (QED) is 0.753. The molecule has 2 rings (SSSR count). The van der Waals surface area contributed by atoms with Crippen LogP contribution in [0.2, 0.25) is 5.02 Å². The molecule has 94 valence electrons. The fourth-order valence-electron chi connectivity index (χ4n) is 2.04. The Morgan fingerprint density at radius 3 is 2.67 bits per heavy atom. The van der Waals surface area contributed by atoms with E-state index in [0.717, 1.165) is 23.5 Å². The molecule has 0 spiro atoms. The lowest BCUT2D eigenvalue weighted by Crippen LogP contribution is -2.23. The number of hydrogen-bond acceptors (Lipinski definition) is 1. The maximum Gasteiger partial charge on any atom is 0.134 e. The molecular weight excluding hydrogens is 249 g/mol. The molecule has 1 aromatic carbocycles.